The molecule has 2 aromatic carbocycles. The molecule has 0 aromatic heterocycles. The molecule has 0 fully saturated rings. The summed E-state index contributed by atoms with van der Waals surface area (Å²) in [6.07, 6.45) is 2.88. The minimum absolute atomic E-state index is 0.0701. The second kappa shape index (κ2) is 5.29. The molecule has 0 aliphatic carbocycles. The Balaban J connectivity index is 1.74. The third-order valence-corrected chi connectivity index (χ3v) is 4.11. The average Bonchev–Trinajstić information content (AvgIpc) is 2.46. The van der Waals surface area contributed by atoms with Crippen molar-refractivity contribution in [2.45, 2.75) is 37.8 Å². The zero-order valence-corrected chi connectivity index (χ0v) is 11.9. The van der Waals surface area contributed by atoms with Crippen LogP contribution in [0, 0.1) is 0 Å². The van der Waals surface area contributed by atoms with E-state index in [1.807, 2.05) is 18.2 Å². The zero-order chi connectivity index (χ0) is 14.0. The molecule has 104 valence electrons. The fraction of sp³-hybridized carbons (Fsp3) is 0.333. The van der Waals surface area contributed by atoms with Gasteiger partial charge < -0.3 is 10.5 Å². The van der Waals surface area contributed by atoms with Crippen LogP contribution in [0.25, 0.3) is 0 Å². The standard InChI is InChI=1S/C18H21NO/c1-18(12-11-14-7-3-2-4-8-14)13-16(19)15-9-5-6-10-17(15)20-18/h2-10,16H,11-13,19H2,1H3. The van der Waals surface area contributed by atoms with Crippen LogP contribution in [-0.4, -0.2) is 5.60 Å². The molecule has 1 aliphatic heterocycles. The molecular formula is C18H21NO. The summed E-state index contributed by atoms with van der Waals surface area (Å²) >= 11 is 0. The number of ether oxygens (including phenoxy) is 1. The van der Waals surface area contributed by atoms with E-state index < -0.39 is 0 Å². The molecule has 0 bridgehead atoms. The summed E-state index contributed by atoms with van der Waals surface area (Å²) in [7, 11) is 0. The second-order valence-electron chi connectivity index (χ2n) is 5.89. The lowest BCUT2D eigenvalue weighted by Gasteiger charge is -2.39. The van der Waals surface area contributed by atoms with Crippen LogP contribution < -0.4 is 10.5 Å². The summed E-state index contributed by atoms with van der Waals surface area (Å²) in [5.74, 6) is 0.946. The first-order chi connectivity index (χ1) is 9.66. The molecule has 1 heterocycles. The van der Waals surface area contributed by atoms with Crippen molar-refractivity contribution in [2.24, 2.45) is 5.73 Å². The normalized spacial score (nSPS) is 24.8. The first kappa shape index (κ1) is 13.2. The van der Waals surface area contributed by atoms with Crippen molar-refractivity contribution in [1.29, 1.82) is 0 Å². The van der Waals surface area contributed by atoms with E-state index in [1.54, 1.807) is 0 Å². The lowest BCUT2D eigenvalue weighted by Crippen LogP contribution is -2.40. The smallest absolute Gasteiger partial charge is 0.124 e. The fourth-order valence-corrected chi connectivity index (χ4v) is 2.97. The van der Waals surface area contributed by atoms with Crippen LogP contribution in [0.2, 0.25) is 0 Å². The lowest BCUT2D eigenvalue weighted by molar-refractivity contribution is 0.0458. The molecule has 2 heteroatoms. The van der Waals surface area contributed by atoms with E-state index >= 15 is 0 Å². The van der Waals surface area contributed by atoms with Gasteiger partial charge >= 0.3 is 0 Å². The number of nitrogens with two attached hydrogens (primary N) is 1. The van der Waals surface area contributed by atoms with Gasteiger partial charge in [0.25, 0.3) is 0 Å². The molecule has 1 aliphatic rings. The molecule has 0 spiro atoms. The maximum Gasteiger partial charge on any atom is 0.124 e. The van der Waals surface area contributed by atoms with E-state index in [0.29, 0.717) is 0 Å². The summed E-state index contributed by atoms with van der Waals surface area (Å²) in [6, 6.07) is 18.7. The lowest BCUT2D eigenvalue weighted by atomic mass is 9.85. The fourth-order valence-electron chi connectivity index (χ4n) is 2.97. The molecule has 20 heavy (non-hydrogen) atoms. The SMILES string of the molecule is CC1(CCc2ccccc2)CC(N)c2ccccc2O1. The molecule has 0 radical (unpaired) electrons. The molecule has 0 amide bonds. The van der Waals surface area contributed by atoms with E-state index in [9.17, 15) is 0 Å². The van der Waals surface area contributed by atoms with Crippen LogP contribution in [0.1, 0.15) is 36.9 Å². The van der Waals surface area contributed by atoms with E-state index in [2.05, 4.69) is 43.3 Å². The maximum absolute atomic E-state index is 6.31. The molecule has 0 saturated carbocycles. The van der Waals surface area contributed by atoms with E-state index in [-0.39, 0.29) is 11.6 Å². The molecule has 2 atom stereocenters. The Kier molecular flexibility index (Phi) is 3.49. The van der Waals surface area contributed by atoms with Crippen LogP contribution in [0.4, 0.5) is 0 Å². The molecule has 2 unspecified atom stereocenters. The van der Waals surface area contributed by atoms with Crippen LogP contribution in [0.5, 0.6) is 5.75 Å². The maximum atomic E-state index is 6.31. The van der Waals surface area contributed by atoms with Gasteiger partial charge in [0.1, 0.15) is 11.4 Å². The van der Waals surface area contributed by atoms with E-state index in [1.165, 1.54) is 5.56 Å². The quantitative estimate of drug-likeness (QED) is 0.916. The summed E-state index contributed by atoms with van der Waals surface area (Å²) in [6.45, 7) is 2.17. The van der Waals surface area contributed by atoms with Crippen molar-refractivity contribution in [3.05, 3.63) is 65.7 Å². The zero-order valence-electron chi connectivity index (χ0n) is 11.9. The number of aryl methyl sites for hydroxylation is 1. The first-order valence-electron chi connectivity index (χ1n) is 7.24. The van der Waals surface area contributed by atoms with Crippen molar-refractivity contribution in [1.82, 2.24) is 0 Å². The number of fused-ring (bicyclic) bond motifs is 1. The van der Waals surface area contributed by atoms with Gasteiger partial charge in [-0.25, -0.2) is 0 Å². The highest BCUT2D eigenvalue weighted by atomic mass is 16.5. The number of rotatable bonds is 3. The number of para-hydroxylation sites is 1. The molecule has 2 N–H and O–H groups in total. The molecule has 3 rings (SSSR count). The third-order valence-electron chi connectivity index (χ3n) is 4.11. The summed E-state index contributed by atoms with van der Waals surface area (Å²) in [4.78, 5) is 0. The van der Waals surface area contributed by atoms with Gasteiger partial charge in [-0.3, -0.25) is 0 Å². The molecule has 0 saturated heterocycles. The highest BCUT2D eigenvalue weighted by molar-refractivity contribution is 5.38. The Bertz CT molecular complexity index is 581. The average molecular weight is 267 g/mol. The molecule has 2 nitrogen and oxygen atoms in total. The topological polar surface area (TPSA) is 35.2 Å². The van der Waals surface area contributed by atoms with Gasteiger partial charge in [0.05, 0.1) is 0 Å². The Labute approximate surface area is 120 Å². The van der Waals surface area contributed by atoms with Gasteiger partial charge in [-0.1, -0.05) is 48.5 Å². The Morgan fingerprint density at radius 2 is 1.80 bits per heavy atom. The van der Waals surface area contributed by atoms with Crippen LogP contribution in [0.3, 0.4) is 0 Å². The van der Waals surface area contributed by atoms with E-state index in [0.717, 1.165) is 30.6 Å². The minimum atomic E-state index is -0.177. The summed E-state index contributed by atoms with van der Waals surface area (Å²) in [5, 5.41) is 0. The highest BCUT2D eigenvalue weighted by Crippen LogP contribution is 2.40. The van der Waals surface area contributed by atoms with E-state index in [4.69, 9.17) is 10.5 Å². The Morgan fingerprint density at radius 1 is 1.10 bits per heavy atom. The van der Waals surface area contributed by atoms with Gasteiger partial charge in [0.2, 0.25) is 0 Å². The van der Waals surface area contributed by atoms with Crippen molar-refractivity contribution in [3.63, 3.8) is 0 Å². The minimum Gasteiger partial charge on any atom is -0.487 e. The van der Waals surface area contributed by atoms with Crippen LogP contribution in [-0.2, 0) is 6.42 Å². The summed E-state index contributed by atoms with van der Waals surface area (Å²) < 4.78 is 6.23. The number of benzene rings is 2. The van der Waals surface area contributed by atoms with Crippen molar-refractivity contribution >= 4 is 0 Å². The predicted molar refractivity (Wildman–Crippen MR) is 81.8 cm³/mol. The van der Waals surface area contributed by atoms with Gasteiger partial charge in [-0.2, -0.15) is 0 Å². The first-order valence-corrected chi connectivity index (χ1v) is 7.24. The second-order valence-corrected chi connectivity index (χ2v) is 5.89. The van der Waals surface area contributed by atoms with Crippen molar-refractivity contribution < 1.29 is 4.74 Å². The van der Waals surface area contributed by atoms with Crippen molar-refractivity contribution in [3.8, 4) is 5.75 Å². The van der Waals surface area contributed by atoms with Crippen molar-refractivity contribution in [2.75, 3.05) is 0 Å². The predicted octanol–water partition coefficient (Wildman–Crippen LogP) is 3.86. The Morgan fingerprint density at radius 3 is 2.60 bits per heavy atom. The molecular weight excluding hydrogens is 246 g/mol. The van der Waals surface area contributed by atoms with Crippen LogP contribution >= 0.6 is 0 Å². The van der Waals surface area contributed by atoms with Gasteiger partial charge in [0, 0.05) is 18.0 Å². The number of hydrogen-bond acceptors (Lipinski definition) is 2. The largest absolute Gasteiger partial charge is 0.487 e. The van der Waals surface area contributed by atoms with Gasteiger partial charge in [-0.05, 0) is 31.4 Å². The number of hydrogen-bond donors (Lipinski definition) is 1. The third kappa shape index (κ3) is 2.70. The Hall–Kier alpha value is -1.80. The summed E-state index contributed by atoms with van der Waals surface area (Å²) in [5.41, 5.74) is 8.61. The van der Waals surface area contributed by atoms with Gasteiger partial charge in [0.15, 0.2) is 0 Å². The van der Waals surface area contributed by atoms with Crippen LogP contribution in [0.15, 0.2) is 54.6 Å². The molecule has 2 aromatic rings. The van der Waals surface area contributed by atoms with Gasteiger partial charge in [-0.15, -0.1) is 0 Å². The monoisotopic (exact) mass is 267 g/mol. The highest BCUT2D eigenvalue weighted by Gasteiger charge is 2.35.